The van der Waals surface area contributed by atoms with Crippen molar-refractivity contribution in [2.75, 3.05) is 6.54 Å². The van der Waals surface area contributed by atoms with Crippen LogP contribution in [0.15, 0.2) is 70.7 Å². The fourth-order valence-corrected chi connectivity index (χ4v) is 4.66. The van der Waals surface area contributed by atoms with Gasteiger partial charge in [0.2, 0.25) is 10.0 Å². The Bertz CT molecular complexity index is 961. The van der Waals surface area contributed by atoms with Gasteiger partial charge in [-0.2, -0.15) is 4.31 Å². The first-order valence-corrected chi connectivity index (χ1v) is 9.79. The predicted octanol–water partition coefficient (Wildman–Crippen LogP) is 3.98. The summed E-state index contributed by atoms with van der Waals surface area (Å²) >= 11 is 0. The van der Waals surface area contributed by atoms with Crippen molar-refractivity contribution in [3.05, 3.63) is 87.8 Å². The van der Waals surface area contributed by atoms with Crippen LogP contribution >= 0.6 is 0 Å². The molecule has 0 bridgehead atoms. The zero-order valence-electron chi connectivity index (χ0n) is 14.5. The molecular formula is C19H20N4O2S. The maximum Gasteiger partial charge on any atom is 0.243 e. The number of azide groups is 1. The molecule has 0 aromatic heterocycles. The van der Waals surface area contributed by atoms with Crippen molar-refractivity contribution < 1.29 is 8.42 Å². The van der Waals surface area contributed by atoms with Gasteiger partial charge in [-0.15, -0.1) is 0 Å². The highest BCUT2D eigenvalue weighted by molar-refractivity contribution is 7.89. The molecule has 134 valence electrons. The van der Waals surface area contributed by atoms with E-state index in [0.29, 0.717) is 13.0 Å². The van der Waals surface area contributed by atoms with Crippen LogP contribution in [-0.2, 0) is 23.0 Å². The number of fused-ring (bicyclic) bond motifs is 1. The molecule has 0 saturated carbocycles. The van der Waals surface area contributed by atoms with Crippen LogP contribution in [-0.4, -0.2) is 25.3 Å². The fraction of sp³-hybridized carbons (Fsp3) is 0.263. The molecule has 0 aliphatic carbocycles. The molecule has 3 rings (SSSR count). The minimum atomic E-state index is -3.63. The van der Waals surface area contributed by atoms with Gasteiger partial charge in [-0.25, -0.2) is 8.42 Å². The summed E-state index contributed by atoms with van der Waals surface area (Å²) in [5, 5.41) is 3.48. The molecule has 0 radical (unpaired) electrons. The fourth-order valence-electron chi connectivity index (χ4n) is 3.10. The summed E-state index contributed by atoms with van der Waals surface area (Å²) in [5.74, 6) is 0. The summed E-state index contributed by atoms with van der Waals surface area (Å²) in [6.07, 6.45) is 4.13. The molecule has 2 aromatic rings. The van der Waals surface area contributed by atoms with Crippen molar-refractivity contribution in [1.82, 2.24) is 4.31 Å². The lowest BCUT2D eigenvalue weighted by Gasteiger charge is -2.34. The van der Waals surface area contributed by atoms with Gasteiger partial charge in [0.25, 0.3) is 0 Å². The largest absolute Gasteiger partial charge is 0.243 e. The first-order chi connectivity index (χ1) is 12.5. The van der Waals surface area contributed by atoms with Crippen LogP contribution in [0, 0.1) is 6.92 Å². The van der Waals surface area contributed by atoms with Gasteiger partial charge in [-0.05, 0) is 42.1 Å². The van der Waals surface area contributed by atoms with Gasteiger partial charge in [-0.3, -0.25) is 0 Å². The van der Waals surface area contributed by atoms with Crippen LogP contribution in [0.2, 0.25) is 0 Å². The van der Waals surface area contributed by atoms with Gasteiger partial charge in [0, 0.05) is 24.0 Å². The van der Waals surface area contributed by atoms with E-state index in [-0.39, 0.29) is 17.5 Å². The van der Waals surface area contributed by atoms with Crippen LogP contribution in [0.4, 0.5) is 0 Å². The highest BCUT2D eigenvalue weighted by Gasteiger charge is 2.34. The molecule has 0 fully saturated rings. The third-order valence-corrected chi connectivity index (χ3v) is 6.36. The van der Waals surface area contributed by atoms with E-state index in [2.05, 4.69) is 10.0 Å². The number of sulfonamides is 1. The summed E-state index contributed by atoms with van der Waals surface area (Å²) in [6.45, 7) is 2.45. The van der Waals surface area contributed by atoms with E-state index in [1.807, 2.05) is 37.3 Å². The van der Waals surface area contributed by atoms with Crippen molar-refractivity contribution in [1.29, 1.82) is 0 Å². The van der Waals surface area contributed by atoms with E-state index < -0.39 is 10.0 Å². The van der Waals surface area contributed by atoms with E-state index in [1.54, 1.807) is 30.3 Å². The minimum absolute atomic E-state index is 0.201. The van der Waals surface area contributed by atoms with E-state index >= 15 is 0 Å². The maximum absolute atomic E-state index is 13.2. The standard InChI is InChI=1S/C19H20N4O2S/c1-15-8-10-19(11-9-15)26(24,25)23-14-17-6-3-2-5-16(17)13-18(23)7-4-12-21-22-20/h2-11,18H,12-14H2,1H3/b7-4+. The van der Waals surface area contributed by atoms with Gasteiger partial charge in [0.15, 0.2) is 0 Å². The van der Waals surface area contributed by atoms with Crippen LogP contribution in [0.1, 0.15) is 16.7 Å². The molecule has 0 saturated heterocycles. The highest BCUT2D eigenvalue weighted by Crippen LogP contribution is 2.29. The quantitative estimate of drug-likeness (QED) is 0.346. The first kappa shape index (κ1) is 18.2. The summed E-state index contributed by atoms with van der Waals surface area (Å²) in [5.41, 5.74) is 11.6. The lowest BCUT2D eigenvalue weighted by Crippen LogP contribution is -2.43. The third-order valence-electron chi connectivity index (χ3n) is 4.48. The van der Waals surface area contributed by atoms with E-state index in [4.69, 9.17) is 5.53 Å². The maximum atomic E-state index is 13.2. The number of rotatable bonds is 5. The van der Waals surface area contributed by atoms with Gasteiger partial charge < -0.3 is 0 Å². The smallest absolute Gasteiger partial charge is 0.207 e. The van der Waals surface area contributed by atoms with Gasteiger partial charge in [0.1, 0.15) is 0 Å². The second-order valence-corrected chi connectivity index (χ2v) is 8.14. The molecule has 1 aliphatic heterocycles. The topological polar surface area (TPSA) is 86.1 Å². The Hall–Kier alpha value is -2.60. The Morgan fingerprint density at radius 3 is 2.58 bits per heavy atom. The van der Waals surface area contributed by atoms with Crippen LogP contribution < -0.4 is 0 Å². The average molecular weight is 368 g/mol. The second-order valence-electron chi connectivity index (χ2n) is 6.25. The zero-order valence-corrected chi connectivity index (χ0v) is 15.3. The number of nitrogens with zero attached hydrogens (tertiary/aromatic N) is 4. The van der Waals surface area contributed by atoms with Crippen molar-refractivity contribution in [2.24, 2.45) is 5.11 Å². The molecule has 0 N–H and O–H groups in total. The zero-order chi connectivity index (χ0) is 18.6. The summed E-state index contributed by atoms with van der Waals surface area (Å²) in [6, 6.07) is 14.5. The normalized spacial score (nSPS) is 17.7. The van der Waals surface area contributed by atoms with Crippen LogP contribution in [0.5, 0.6) is 0 Å². The Kier molecular flexibility index (Phi) is 5.42. The summed E-state index contributed by atoms with van der Waals surface area (Å²) in [4.78, 5) is 3.01. The third kappa shape index (κ3) is 3.80. The molecule has 1 atom stereocenters. The lowest BCUT2D eigenvalue weighted by atomic mass is 9.95. The van der Waals surface area contributed by atoms with Crippen molar-refractivity contribution >= 4 is 10.0 Å². The Balaban J connectivity index is 1.98. The number of hydrogen-bond acceptors (Lipinski definition) is 3. The Morgan fingerprint density at radius 2 is 1.88 bits per heavy atom. The van der Waals surface area contributed by atoms with Crippen LogP contribution in [0.3, 0.4) is 0 Å². The molecule has 7 heteroatoms. The van der Waals surface area contributed by atoms with Crippen molar-refractivity contribution in [3.63, 3.8) is 0 Å². The molecular weight excluding hydrogens is 348 g/mol. The van der Waals surface area contributed by atoms with E-state index in [9.17, 15) is 8.42 Å². The molecule has 0 spiro atoms. The SMILES string of the molecule is Cc1ccc(S(=O)(=O)N2Cc3ccccc3CC2/C=C/CN=[N+]=[N-])cc1. The molecule has 2 aromatic carbocycles. The first-order valence-electron chi connectivity index (χ1n) is 8.35. The predicted molar refractivity (Wildman–Crippen MR) is 101 cm³/mol. The minimum Gasteiger partial charge on any atom is -0.207 e. The number of benzene rings is 2. The second kappa shape index (κ2) is 7.74. The molecule has 1 unspecified atom stereocenters. The number of aryl methyl sites for hydroxylation is 1. The Labute approximate surface area is 153 Å². The monoisotopic (exact) mass is 368 g/mol. The van der Waals surface area contributed by atoms with Gasteiger partial charge in [0.05, 0.1) is 4.90 Å². The lowest BCUT2D eigenvalue weighted by molar-refractivity contribution is 0.334. The molecule has 6 nitrogen and oxygen atoms in total. The van der Waals surface area contributed by atoms with E-state index in [1.165, 1.54) is 4.31 Å². The van der Waals surface area contributed by atoms with Crippen molar-refractivity contribution in [2.45, 2.75) is 30.8 Å². The summed E-state index contributed by atoms with van der Waals surface area (Å²) < 4.78 is 28.0. The molecule has 1 heterocycles. The molecule has 26 heavy (non-hydrogen) atoms. The molecule has 1 aliphatic rings. The Morgan fingerprint density at radius 1 is 1.19 bits per heavy atom. The van der Waals surface area contributed by atoms with Gasteiger partial charge in [-0.1, -0.05) is 59.2 Å². The summed E-state index contributed by atoms with van der Waals surface area (Å²) in [7, 11) is -3.63. The van der Waals surface area contributed by atoms with Crippen LogP contribution in [0.25, 0.3) is 10.4 Å². The molecule has 0 amide bonds. The van der Waals surface area contributed by atoms with E-state index in [0.717, 1.165) is 16.7 Å². The van der Waals surface area contributed by atoms with Gasteiger partial charge >= 0.3 is 0 Å². The average Bonchev–Trinajstić information content (AvgIpc) is 2.65. The number of hydrogen-bond donors (Lipinski definition) is 0. The highest BCUT2D eigenvalue weighted by atomic mass is 32.2. The van der Waals surface area contributed by atoms with Crippen molar-refractivity contribution in [3.8, 4) is 0 Å².